The average Bonchev–Trinajstić information content (AvgIpc) is 2.90. The Kier molecular flexibility index (Phi) is 3.22. The number of nitrogens with two attached hydrogens (primary N) is 1. The molecule has 2 aliphatic rings. The Labute approximate surface area is 113 Å². The van der Waals surface area contributed by atoms with Crippen molar-refractivity contribution in [2.45, 2.75) is 32.4 Å². The first-order valence-corrected chi connectivity index (χ1v) is 6.75. The molecule has 0 saturated heterocycles. The van der Waals surface area contributed by atoms with Crippen molar-refractivity contribution in [1.29, 1.82) is 0 Å². The molecule has 1 atom stereocenters. The maximum absolute atomic E-state index is 5.85. The van der Waals surface area contributed by atoms with E-state index in [-0.39, 0.29) is 6.04 Å². The summed E-state index contributed by atoms with van der Waals surface area (Å²) < 4.78 is 5.85. The zero-order valence-electron chi connectivity index (χ0n) is 11.1. The molecule has 0 fully saturated rings. The number of hydrogen-bond donors (Lipinski definition) is 1. The fourth-order valence-corrected chi connectivity index (χ4v) is 2.40. The number of fused-ring (bicyclic) bond motifs is 1. The molecule has 1 heterocycles. The van der Waals surface area contributed by atoms with Crippen molar-refractivity contribution in [3.63, 3.8) is 0 Å². The maximum atomic E-state index is 5.85. The van der Waals surface area contributed by atoms with Gasteiger partial charge in [-0.15, -0.1) is 0 Å². The summed E-state index contributed by atoms with van der Waals surface area (Å²) in [4.78, 5) is 4.69. The van der Waals surface area contributed by atoms with E-state index in [1.807, 2.05) is 24.3 Å². The van der Waals surface area contributed by atoms with Crippen LogP contribution in [0.1, 0.15) is 30.9 Å². The van der Waals surface area contributed by atoms with Gasteiger partial charge < -0.3 is 10.5 Å². The third kappa shape index (κ3) is 2.34. The van der Waals surface area contributed by atoms with Crippen molar-refractivity contribution in [3.8, 4) is 0 Å². The van der Waals surface area contributed by atoms with Crippen molar-refractivity contribution in [2.24, 2.45) is 10.7 Å². The van der Waals surface area contributed by atoms with E-state index in [0.29, 0.717) is 6.54 Å². The van der Waals surface area contributed by atoms with E-state index < -0.39 is 0 Å². The Bertz CT molecular complexity index is 567. The SMILES string of the molecule is CCC1=CC=C2OC(c3ccc(CN)cc3)=NC2C1. The van der Waals surface area contributed by atoms with Gasteiger partial charge in [0.05, 0.1) is 0 Å². The third-order valence-electron chi connectivity index (χ3n) is 3.65. The number of allylic oxidation sites excluding steroid dienone is 2. The second kappa shape index (κ2) is 5.02. The minimum Gasteiger partial charge on any atom is -0.441 e. The Morgan fingerprint density at radius 3 is 2.74 bits per heavy atom. The van der Waals surface area contributed by atoms with Crippen LogP contribution in [0.3, 0.4) is 0 Å². The fraction of sp³-hybridized carbons (Fsp3) is 0.312. The van der Waals surface area contributed by atoms with Crippen LogP contribution in [0.25, 0.3) is 0 Å². The number of nitrogens with zero attached hydrogens (tertiary/aromatic N) is 1. The maximum Gasteiger partial charge on any atom is 0.222 e. The van der Waals surface area contributed by atoms with Crippen LogP contribution in [0.5, 0.6) is 0 Å². The van der Waals surface area contributed by atoms with Crippen molar-refractivity contribution in [1.82, 2.24) is 0 Å². The van der Waals surface area contributed by atoms with Crippen LogP contribution in [0.2, 0.25) is 0 Å². The van der Waals surface area contributed by atoms with Crippen LogP contribution < -0.4 is 5.73 Å². The standard InChI is InChI=1S/C16H18N2O/c1-2-11-5-8-15-14(9-11)18-16(19-15)13-6-3-12(10-17)4-7-13/h3-8,14H,2,9-10,17H2,1H3. The van der Waals surface area contributed by atoms with E-state index in [1.54, 1.807) is 0 Å². The van der Waals surface area contributed by atoms with Crippen LogP contribution >= 0.6 is 0 Å². The zero-order chi connectivity index (χ0) is 13.2. The van der Waals surface area contributed by atoms with Crippen LogP contribution in [0, 0.1) is 0 Å². The quantitative estimate of drug-likeness (QED) is 0.901. The van der Waals surface area contributed by atoms with Crippen molar-refractivity contribution < 1.29 is 4.74 Å². The predicted molar refractivity (Wildman–Crippen MR) is 76.8 cm³/mol. The molecule has 3 heteroatoms. The summed E-state index contributed by atoms with van der Waals surface area (Å²) in [6.07, 6.45) is 6.27. The minimum absolute atomic E-state index is 0.170. The van der Waals surface area contributed by atoms with Crippen molar-refractivity contribution in [2.75, 3.05) is 0 Å². The van der Waals surface area contributed by atoms with E-state index in [2.05, 4.69) is 24.1 Å². The number of hydrogen-bond acceptors (Lipinski definition) is 3. The minimum atomic E-state index is 0.170. The summed E-state index contributed by atoms with van der Waals surface area (Å²) in [6.45, 7) is 2.74. The van der Waals surface area contributed by atoms with Gasteiger partial charge in [-0.2, -0.15) is 0 Å². The molecule has 0 saturated carbocycles. The second-order valence-electron chi connectivity index (χ2n) is 4.90. The summed E-state index contributed by atoms with van der Waals surface area (Å²) in [5, 5.41) is 0. The lowest BCUT2D eigenvalue weighted by Gasteiger charge is -2.14. The normalized spacial score (nSPS) is 21.2. The molecule has 0 amide bonds. The van der Waals surface area contributed by atoms with E-state index >= 15 is 0 Å². The highest BCUT2D eigenvalue weighted by atomic mass is 16.5. The molecule has 2 N–H and O–H groups in total. The lowest BCUT2D eigenvalue weighted by atomic mass is 9.98. The molecule has 1 aliphatic carbocycles. The van der Waals surface area contributed by atoms with E-state index in [1.165, 1.54) is 5.57 Å². The van der Waals surface area contributed by atoms with Crippen molar-refractivity contribution >= 4 is 5.90 Å². The molecular weight excluding hydrogens is 236 g/mol. The van der Waals surface area contributed by atoms with Gasteiger partial charge in [0.1, 0.15) is 11.8 Å². The number of rotatable bonds is 3. The summed E-state index contributed by atoms with van der Waals surface area (Å²) in [6, 6.07) is 8.25. The first kappa shape index (κ1) is 12.2. The van der Waals surface area contributed by atoms with Gasteiger partial charge >= 0.3 is 0 Å². The van der Waals surface area contributed by atoms with E-state index in [9.17, 15) is 0 Å². The Morgan fingerprint density at radius 1 is 1.26 bits per heavy atom. The molecule has 0 radical (unpaired) electrons. The summed E-state index contributed by atoms with van der Waals surface area (Å²) in [5.41, 5.74) is 9.17. The molecule has 1 aliphatic heterocycles. The first-order chi connectivity index (χ1) is 9.30. The highest BCUT2D eigenvalue weighted by molar-refractivity contribution is 5.96. The van der Waals surface area contributed by atoms with Gasteiger partial charge in [-0.3, -0.25) is 0 Å². The number of benzene rings is 1. The molecule has 0 aromatic heterocycles. The van der Waals surface area contributed by atoms with Gasteiger partial charge in [0.2, 0.25) is 5.90 Å². The van der Waals surface area contributed by atoms with Crippen LogP contribution in [0.15, 0.2) is 52.7 Å². The fourth-order valence-electron chi connectivity index (χ4n) is 2.40. The molecular formula is C16H18N2O. The van der Waals surface area contributed by atoms with Gasteiger partial charge in [0.25, 0.3) is 0 Å². The average molecular weight is 254 g/mol. The zero-order valence-corrected chi connectivity index (χ0v) is 11.1. The van der Waals surface area contributed by atoms with Gasteiger partial charge in [-0.1, -0.05) is 30.7 Å². The Hall–Kier alpha value is -1.87. The van der Waals surface area contributed by atoms with Gasteiger partial charge in [0, 0.05) is 12.1 Å². The lowest BCUT2D eigenvalue weighted by molar-refractivity contribution is 0.411. The molecule has 0 bridgehead atoms. The predicted octanol–water partition coefficient (Wildman–Crippen LogP) is 2.91. The highest BCUT2D eigenvalue weighted by Crippen LogP contribution is 2.30. The van der Waals surface area contributed by atoms with E-state index in [4.69, 9.17) is 10.5 Å². The highest BCUT2D eigenvalue weighted by Gasteiger charge is 2.28. The Morgan fingerprint density at radius 2 is 2.05 bits per heavy atom. The topological polar surface area (TPSA) is 47.6 Å². The second-order valence-corrected chi connectivity index (χ2v) is 4.90. The molecule has 3 nitrogen and oxygen atoms in total. The summed E-state index contributed by atoms with van der Waals surface area (Å²) >= 11 is 0. The molecule has 3 rings (SSSR count). The molecule has 1 unspecified atom stereocenters. The van der Waals surface area contributed by atoms with Gasteiger partial charge in [0.15, 0.2) is 0 Å². The van der Waals surface area contributed by atoms with Crippen molar-refractivity contribution in [3.05, 3.63) is 58.9 Å². The summed E-state index contributed by atoms with van der Waals surface area (Å²) in [5.74, 6) is 1.70. The molecule has 0 spiro atoms. The molecule has 98 valence electrons. The smallest absolute Gasteiger partial charge is 0.222 e. The first-order valence-electron chi connectivity index (χ1n) is 6.75. The molecule has 19 heavy (non-hydrogen) atoms. The largest absolute Gasteiger partial charge is 0.441 e. The monoisotopic (exact) mass is 254 g/mol. The lowest BCUT2D eigenvalue weighted by Crippen LogP contribution is -2.09. The van der Waals surface area contributed by atoms with Gasteiger partial charge in [-0.05, 0) is 36.6 Å². The van der Waals surface area contributed by atoms with Crippen LogP contribution in [-0.2, 0) is 11.3 Å². The van der Waals surface area contributed by atoms with Crippen LogP contribution in [-0.4, -0.2) is 11.9 Å². The number of aliphatic imine (C=N–C) groups is 1. The molecule has 1 aromatic carbocycles. The third-order valence-corrected chi connectivity index (χ3v) is 3.65. The Balaban J connectivity index is 1.81. The summed E-state index contributed by atoms with van der Waals surface area (Å²) in [7, 11) is 0. The van der Waals surface area contributed by atoms with Gasteiger partial charge in [-0.25, -0.2) is 4.99 Å². The molecule has 1 aromatic rings. The van der Waals surface area contributed by atoms with Crippen LogP contribution in [0.4, 0.5) is 0 Å². The number of ether oxygens (including phenoxy) is 1. The van der Waals surface area contributed by atoms with E-state index in [0.717, 1.165) is 35.6 Å².